The van der Waals surface area contributed by atoms with E-state index in [0.717, 1.165) is 25.0 Å². The van der Waals surface area contributed by atoms with Gasteiger partial charge in [0.25, 0.3) is 0 Å². The summed E-state index contributed by atoms with van der Waals surface area (Å²) in [7, 11) is -0.856. The van der Waals surface area contributed by atoms with Gasteiger partial charge in [-0.3, -0.25) is 9.05 Å². The van der Waals surface area contributed by atoms with E-state index in [1.807, 2.05) is 6.92 Å². The minimum absolute atomic E-state index is 0.213. The van der Waals surface area contributed by atoms with Crippen molar-refractivity contribution in [1.82, 2.24) is 4.67 Å². The molecule has 0 heterocycles. The van der Waals surface area contributed by atoms with Gasteiger partial charge in [0.05, 0.1) is 11.7 Å². The van der Waals surface area contributed by atoms with Crippen LogP contribution in [0.15, 0.2) is 42.5 Å². The smallest absolute Gasteiger partial charge is 0.388 e. The van der Waals surface area contributed by atoms with Gasteiger partial charge < -0.3 is 5.11 Å². The minimum atomic E-state index is -4.48. The first-order valence-corrected chi connectivity index (χ1v) is 12.8. The molecule has 0 bridgehead atoms. The predicted octanol–water partition coefficient (Wildman–Crippen LogP) is 7.59. The number of halogens is 4. The molecule has 0 aliphatic rings. The molecule has 0 amide bonds. The van der Waals surface area contributed by atoms with E-state index < -0.39 is 25.6 Å². The average molecular weight is 518 g/mol. The summed E-state index contributed by atoms with van der Waals surface area (Å²) in [6.45, 7) is 2.71. The Kier molecular flexibility index (Phi) is 8.66. The van der Waals surface area contributed by atoms with Gasteiger partial charge in [0.15, 0.2) is 0 Å². The maximum absolute atomic E-state index is 13.3. The van der Waals surface area contributed by atoms with Crippen molar-refractivity contribution in [3.8, 4) is 0 Å². The molecule has 1 atom stereocenters. The van der Waals surface area contributed by atoms with Crippen molar-refractivity contribution in [3.63, 3.8) is 0 Å². The van der Waals surface area contributed by atoms with Crippen molar-refractivity contribution >= 4 is 40.9 Å². The van der Waals surface area contributed by atoms with Gasteiger partial charge in [0.1, 0.15) is 0 Å². The molecule has 1 unspecified atom stereocenters. The summed E-state index contributed by atoms with van der Waals surface area (Å²) >= 11 is 6.16. The van der Waals surface area contributed by atoms with Crippen molar-refractivity contribution in [2.75, 3.05) is 27.3 Å². The van der Waals surface area contributed by atoms with E-state index in [2.05, 4.69) is 0 Å². The zero-order chi connectivity index (χ0) is 25.1. The average Bonchev–Trinajstić information content (AvgIpc) is 2.81. The largest absolute Gasteiger partial charge is 0.416 e. The monoisotopic (exact) mass is 517 g/mol. The molecule has 186 valence electrons. The predicted molar refractivity (Wildman–Crippen MR) is 129 cm³/mol. The molecule has 5 nitrogen and oxygen atoms in total. The zero-order valence-electron chi connectivity index (χ0n) is 19.2. The SMILES string of the molecule is CCCCN(CCC(O)c1cc2ccc(C(F)(F)F)cc2c2cc(Cl)ccc12)P(=O)(OC)OC. The molecule has 0 radical (unpaired) electrons. The molecule has 0 saturated carbocycles. The highest BCUT2D eigenvalue weighted by atomic mass is 35.5. The molecule has 3 aromatic rings. The Morgan fingerprint density at radius 2 is 1.74 bits per heavy atom. The van der Waals surface area contributed by atoms with Crippen molar-refractivity contribution in [2.24, 2.45) is 0 Å². The third kappa shape index (κ3) is 5.76. The van der Waals surface area contributed by atoms with Crippen LogP contribution in [0.5, 0.6) is 0 Å². The first-order chi connectivity index (χ1) is 16.0. The molecule has 0 aromatic heterocycles. The summed E-state index contributed by atoms with van der Waals surface area (Å²) in [5.41, 5.74) is -0.199. The van der Waals surface area contributed by atoms with Crippen LogP contribution in [0.3, 0.4) is 0 Å². The van der Waals surface area contributed by atoms with Crippen LogP contribution in [0.25, 0.3) is 21.5 Å². The van der Waals surface area contributed by atoms with Gasteiger partial charge in [-0.05, 0) is 70.3 Å². The molecule has 3 rings (SSSR count). The summed E-state index contributed by atoms with van der Waals surface area (Å²) in [5.74, 6) is 0. The molecule has 1 N–H and O–H groups in total. The number of aliphatic hydroxyl groups is 1. The Morgan fingerprint density at radius 1 is 1.03 bits per heavy atom. The van der Waals surface area contributed by atoms with E-state index in [4.69, 9.17) is 20.6 Å². The lowest BCUT2D eigenvalue weighted by Crippen LogP contribution is -2.26. The lowest BCUT2D eigenvalue weighted by molar-refractivity contribution is -0.137. The van der Waals surface area contributed by atoms with Crippen LogP contribution in [-0.2, 0) is 19.8 Å². The van der Waals surface area contributed by atoms with Gasteiger partial charge >= 0.3 is 13.9 Å². The highest BCUT2D eigenvalue weighted by molar-refractivity contribution is 7.51. The van der Waals surface area contributed by atoms with E-state index in [1.54, 1.807) is 28.9 Å². The molecule has 0 spiro atoms. The highest BCUT2D eigenvalue weighted by Crippen LogP contribution is 2.51. The fraction of sp³-hybridized carbons (Fsp3) is 0.417. The van der Waals surface area contributed by atoms with Gasteiger partial charge in [-0.15, -0.1) is 0 Å². The molecule has 10 heteroatoms. The van der Waals surface area contributed by atoms with E-state index in [-0.39, 0.29) is 13.0 Å². The number of nitrogens with zero attached hydrogens (tertiary/aromatic N) is 1. The number of benzene rings is 3. The van der Waals surface area contributed by atoms with Crippen molar-refractivity contribution in [3.05, 3.63) is 58.6 Å². The molecule has 0 saturated heterocycles. The first-order valence-electron chi connectivity index (χ1n) is 10.9. The van der Waals surface area contributed by atoms with Gasteiger partial charge in [-0.1, -0.05) is 37.1 Å². The van der Waals surface area contributed by atoms with E-state index in [9.17, 15) is 22.8 Å². The number of hydrogen-bond donors (Lipinski definition) is 1. The number of fused-ring (bicyclic) bond motifs is 3. The van der Waals surface area contributed by atoms with Crippen LogP contribution >= 0.6 is 19.3 Å². The normalized spacial score (nSPS) is 13.8. The van der Waals surface area contributed by atoms with Crippen LogP contribution in [-0.4, -0.2) is 37.1 Å². The Hall–Kier alpha value is -1.67. The van der Waals surface area contributed by atoms with Crippen LogP contribution in [0.1, 0.15) is 43.4 Å². The quantitative estimate of drug-likeness (QED) is 0.222. The van der Waals surface area contributed by atoms with Crippen molar-refractivity contribution < 1.29 is 31.9 Å². The second kappa shape index (κ2) is 10.9. The summed E-state index contributed by atoms with van der Waals surface area (Å²) in [4.78, 5) is 0. The molecular formula is C24H28ClF3NO4P. The molecule has 0 fully saturated rings. The summed E-state index contributed by atoms with van der Waals surface area (Å²) in [6.07, 6.45) is -3.59. The number of hydrogen-bond acceptors (Lipinski definition) is 4. The number of alkyl halides is 3. The maximum atomic E-state index is 13.3. The first kappa shape index (κ1) is 26.9. The van der Waals surface area contributed by atoms with Crippen LogP contribution in [0.2, 0.25) is 5.02 Å². The lowest BCUT2D eigenvalue weighted by Gasteiger charge is -2.29. The third-order valence-corrected chi connectivity index (χ3v) is 8.12. The van der Waals surface area contributed by atoms with Crippen LogP contribution in [0.4, 0.5) is 13.2 Å². The Bertz CT molecular complexity index is 1200. The number of rotatable bonds is 10. The lowest BCUT2D eigenvalue weighted by atomic mass is 9.92. The van der Waals surface area contributed by atoms with Gasteiger partial charge in [0, 0.05) is 32.3 Å². The second-order valence-corrected chi connectivity index (χ2v) is 10.7. The fourth-order valence-electron chi connectivity index (χ4n) is 4.03. The van der Waals surface area contributed by atoms with Crippen LogP contribution < -0.4 is 0 Å². The molecule has 0 aliphatic carbocycles. The van der Waals surface area contributed by atoms with E-state index in [0.29, 0.717) is 38.7 Å². The third-order valence-electron chi connectivity index (χ3n) is 5.87. The highest BCUT2D eigenvalue weighted by Gasteiger charge is 2.32. The van der Waals surface area contributed by atoms with Crippen molar-refractivity contribution in [1.29, 1.82) is 0 Å². The standard InChI is InChI=1S/C24H28ClF3NO4P/c1-4-5-11-29(34(31,32-2)33-3)12-10-23(30)22-13-16-6-7-17(24(26,27)28)14-20(16)21-15-18(25)8-9-19(21)22/h6-9,13-15,23,30H,4-5,10-12H2,1-3H3. The van der Waals surface area contributed by atoms with Gasteiger partial charge in [-0.2, -0.15) is 13.2 Å². The zero-order valence-corrected chi connectivity index (χ0v) is 20.9. The topological polar surface area (TPSA) is 59.0 Å². The van der Waals surface area contributed by atoms with Crippen molar-refractivity contribution in [2.45, 2.75) is 38.5 Å². The minimum Gasteiger partial charge on any atom is -0.388 e. The molecular weight excluding hydrogens is 490 g/mol. The summed E-state index contributed by atoms with van der Waals surface area (Å²) < 4.78 is 64.7. The van der Waals surface area contributed by atoms with E-state index in [1.165, 1.54) is 20.3 Å². The maximum Gasteiger partial charge on any atom is 0.416 e. The fourth-order valence-corrected chi connectivity index (χ4v) is 5.56. The van der Waals surface area contributed by atoms with E-state index >= 15 is 0 Å². The summed E-state index contributed by atoms with van der Waals surface area (Å²) in [5, 5.41) is 13.6. The second-order valence-electron chi connectivity index (χ2n) is 8.03. The molecule has 0 aliphatic heterocycles. The Morgan fingerprint density at radius 3 is 2.35 bits per heavy atom. The number of unbranched alkanes of at least 4 members (excludes halogenated alkanes) is 1. The number of aliphatic hydroxyl groups excluding tert-OH is 1. The van der Waals surface area contributed by atoms with Gasteiger partial charge in [0.2, 0.25) is 0 Å². The van der Waals surface area contributed by atoms with Crippen LogP contribution in [0, 0.1) is 0 Å². The van der Waals surface area contributed by atoms with Gasteiger partial charge in [-0.25, -0.2) is 9.24 Å². The molecule has 3 aromatic carbocycles. The molecule has 34 heavy (non-hydrogen) atoms. The Labute approximate surface area is 202 Å². The summed E-state index contributed by atoms with van der Waals surface area (Å²) in [6, 6.07) is 10.1. The Balaban J connectivity index is 2.02.